The fourth-order valence-electron chi connectivity index (χ4n) is 2.51. The van der Waals surface area contributed by atoms with Gasteiger partial charge in [0.05, 0.1) is 12.8 Å². The molecule has 0 amide bonds. The molecule has 0 aromatic carbocycles. The normalized spacial score (nSPS) is 30.1. The van der Waals surface area contributed by atoms with Crippen molar-refractivity contribution in [2.24, 2.45) is 0 Å². The maximum Gasteiger partial charge on any atom is 0.488 e. The number of phosphoric acid groups is 2. The van der Waals surface area contributed by atoms with Crippen LogP contribution in [0, 0.1) is 5.82 Å². The third-order valence-corrected chi connectivity index (χ3v) is 8.42. The quantitative estimate of drug-likeness (QED) is 0.182. The van der Waals surface area contributed by atoms with Gasteiger partial charge in [-0.1, -0.05) is 0 Å². The average Bonchev–Trinajstić information content (AvgIpc) is 2.85. The smallest absolute Gasteiger partial charge is 0.387 e. The van der Waals surface area contributed by atoms with Crippen molar-refractivity contribution in [2.75, 3.05) is 19.0 Å². The molecule has 1 fully saturated rings. The van der Waals surface area contributed by atoms with Gasteiger partial charge in [-0.25, -0.2) is 27.0 Å². The number of alkyl halides is 1. The van der Waals surface area contributed by atoms with E-state index >= 15 is 0 Å². The maximum atomic E-state index is 13.7. The highest BCUT2D eigenvalue weighted by Gasteiger charge is 2.57. The van der Waals surface area contributed by atoms with Gasteiger partial charge < -0.3 is 40.3 Å². The Morgan fingerprint density at radius 3 is 2.41 bits per heavy atom. The number of aliphatic hydroxyl groups excluding tert-OH is 1. The van der Waals surface area contributed by atoms with E-state index in [2.05, 4.69) is 26.7 Å². The van der Waals surface area contributed by atoms with E-state index in [0.29, 0.717) is 6.20 Å². The Hall–Kier alpha value is -0.670. The van der Waals surface area contributed by atoms with E-state index in [-0.39, 0.29) is 4.57 Å². The van der Waals surface area contributed by atoms with Gasteiger partial charge in [0.1, 0.15) is 18.9 Å². The van der Waals surface area contributed by atoms with Gasteiger partial charge in [-0.2, -0.15) is 9.29 Å². The van der Waals surface area contributed by atoms with Crippen LogP contribution in [0.1, 0.15) is 6.23 Å². The minimum absolute atomic E-state index is 0.265. The molecule has 3 unspecified atom stereocenters. The SMILES string of the molecule is Nc1nc(=O)n([C@@H]2O[C@H](COP(=O)(O)OP(=O)(O)OP(O)(O)=P)[C@H](O)C2(O)CF)cc1F. The van der Waals surface area contributed by atoms with E-state index in [1.807, 2.05) is 0 Å². The van der Waals surface area contributed by atoms with E-state index in [4.69, 9.17) is 20.3 Å². The number of rotatable bonds is 9. The summed E-state index contributed by atoms with van der Waals surface area (Å²) in [5.41, 5.74) is 0.918. The molecule has 0 aliphatic carbocycles. The van der Waals surface area contributed by atoms with E-state index < -0.39 is 77.5 Å². The fraction of sp³-hybridized carbons (Fsp3) is 0.600. The molecule has 6 atom stereocenters. The van der Waals surface area contributed by atoms with Gasteiger partial charge >= 0.3 is 21.3 Å². The minimum Gasteiger partial charge on any atom is -0.387 e. The molecular formula is C10H17F2N3O13P4. The molecule has 184 valence electrons. The number of aliphatic hydroxyl groups is 2. The lowest BCUT2D eigenvalue weighted by Crippen LogP contribution is -2.50. The van der Waals surface area contributed by atoms with Gasteiger partial charge in [0.25, 0.3) is 7.23 Å². The van der Waals surface area contributed by atoms with Gasteiger partial charge in [-0.05, 0) is 8.53 Å². The second-order valence-electron chi connectivity index (χ2n) is 6.20. The predicted molar refractivity (Wildman–Crippen MR) is 101 cm³/mol. The number of halogens is 2. The molecule has 2 rings (SSSR count). The number of hydrogen-bond donors (Lipinski definition) is 7. The zero-order valence-electron chi connectivity index (χ0n) is 15.3. The summed E-state index contributed by atoms with van der Waals surface area (Å²) in [5.74, 6) is -2.07. The van der Waals surface area contributed by atoms with E-state index in [0.717, 1.165) is 0 Å². The standard InChI is InChI=1S/C10H17F2N3O13P4/c11-3-10(18)6(16)5(26-8(10)15-1-4(12)7(13)14-9(15)17)2-25-30(19,20)27-31(21,22)28-32(23,24)29/h1,5-6,8,16,18,23-24,29H,2-3H2,(H,19,20)(H,21,22)(H2,13,14,17)/t5-,6+,8-,10?/m1/s1. The van der Waals surface area contributed by atoms with Crippen LogP contribution in [-0.2, 0) is 27.0 Å². The number of nitrogen functional groups attached to an aromatic ring is 1. The van der Waals surface area contributed by atoms with Gasteiger partial charge in [-0.15, -0.1) is 0 Å². The molecule has 1 aromatic heterocycles. The molecule has 1 aliphatic heterocycles. The van der Waals surface area contributed by atoms with Crippen LogP contribution in [-0.4, -0.2) is 70.4 Å². The summed E-state index contributed by atoms with van der Waals surface area (Å²) in [4.78, 5) is 51.6. The average molecular weight is 549 g/mol. The second-order valence-corrected chi connectivity index (χ2v) is 12.5. The summed E-state index contributed by atoms with van der Waals surface area (Å²) in [6, 6.07) is 0. The summed E-state index contributed by atoms with van der Waals surface area (Å²) < 4.78 is 67.8. The van der Waals surface area contributed by atoms with Crippen LogP contribution in [0.25, 0.3) is 0 Å². The van der Waals surface area contributed by atoms with Crippen LogP contribution in [0.3, 0.4) is 0 Å². The van der Waals surface area contributed by atoms with Gasteiger partial charge in [0.2, 0.25) is 0 Å². The van der Waals surface area contributed by atoms with Crippen LogP contribution < -0.4 is 11.4 Å². The second kappa shape index (κ2) is 9.53. The topological polar surface area (TPSA) is 253 Å². The largest absolute Gasteiger partial charge is 0.488 e. The van der Waals surface area contributed by atoms with Gasteiger partial charge in [0.15, 0.2) is 23.5 Å². The maximum absolute atomic E-state index is 13.7. The molecule has 1 aromatic rings. The third kappa shape index (κ3) is 6.47. The fourth-order valence-corrected chi connectivity index (χ4v) is 6.55. The van der Waals surface area contributed by atoms with Crippen molar-refractivity contribution in [2.45, 2.75) is 24.0 Å². The zero-order valence-corrected chi connectivity index (χ0v) is 19.0. The molecule has 32 heavy (non-hydrogen) atoms. The molecule has 0 saturated carbocycles. The number of nitrogens with two attached hydrogens (primary N) is 1. The summed E-state index contributed by atoms with van der Waals surface area (Å²) in [7, 11) is -13.6. The lowest BCUT2D eigenvalue weighted by atomic mass is 9.95. The first-order valence-corrected chi connectivity index (χ1v) is 13.8. The van der Waals surface area contributed by atoms with Gasteiger partial charge in [-0.3, -0.25) is 9.09 Å². The highest BCUT2D eigenvalue weighted by molar-refractivity contribution is 7.91. The minimum atomic E-state index is -5.58. The highest BCUT2D eigenvalue weighted by atomic mass is 31.8. The first-order valence-electron chi connectivity index (χ1n) is 7.89. The van der Waals surface area contributed by atoms with Gasteiger partial charge in [0, 0.05) is 0 Å². The van der Waals surface area contributed by atoms with E-state index in [1.165, 1.54) is 0 Å². The molecule has 2 heterocycles. The Bertz CT molecular complexity index is 1070. The number of ether oxygens (including phenoxy) is 1. The summed E-state index contributed by atoms with van der Waals surface area (Å²) >= 11 is 0. The first-order chi connectivity index (χ1) is 14.4. The predicted octanol–water partition coefficient (Wildman–Crippen LogP) is -1.02. The van der Waals surface area contributed by atoms with Crippen molar-refractivity contribution in [3.63, 3.8) is 0 Å². The number of hydrogen-bond acceptors (Lipinski definition) is 11. The summed E-state index contributed by atoms with van der Waals surface area (Å²) in [6.45, 7) is -2.98. The van der Waals surface area contributed by atoms with Crippen molar-refractivity contribution in [3.05, 3.63) is 22.5 Å². The highest BCUT2D eigenvalue weighted by Crippen LogP contribution is 2.67. The molecule has 0 spiro atoms. The first kappa shape index (κ1) is 27.6. The van der Waals surface area contributed by atoms with Crippen LogP contribution >= 0.6 is 31.4 Å². The van der Waals surface area contributed by atoms with Crippen molar-refractivity contribution in [3.8, 4) is 0 Å². The molecule has 0 radical (unpaired) electrons. The zero-order chi connectivity index (χ0) is 24.7. The number of anilines is 1. The molecule has 1 saturated heterocycles. The monoisotopic (exact) mass is 549 g/mol. The summed E-state index contributed by atoms with van der Waals surface area (Å²) in [6.07, 6.45) is -5.84. The van der Waals surface area contributed by atoms with Crippen LogP contribution in [0.15, 0.2) is 11.0 Å². The number of aromatic nitrogens is 2. The molecular weight excluding hydrogens is 532 g/mol. The van der Waals surface area contributed by atoms with Crippen molar-refractivity contribution in [1.29, 1.82) is 0 Å². The van der Waals surface area contributed by atoms with Crippen LogP contribution in [0.4, 0.5) is 14.6 Å². The van der Waals surface area contributed by atoms with E-state index in [9.17, 15) is 42.7 Å². The Morgan fingerprint density at radius 1 is 1.28 bits per heavy atom. The Labute approximate surface area is 178 Å². The Morgan fingerprint density at radius 2 is 1.88 bits per heavy atom. The Balaban J connectivity index is 2.21. The van der Waals surface area contributed by atoms with Crippen LogP contribution in [0.5, 0.6) is 0 Å². The lowest BCUT2D eigenvalue weighted by Gasteiger charge is -2.28. The van der Waals surface area contributed by atoms with Crippen LogP contribution in [0.2, 0.25) is 0 Å². The summed E-state index contributed by atoms with van der Waals surface area (Å²) in [5, 5.41) is 20.6. The molecule has 8 N–H and O–H groups in total. The third-order valence-electron chi connectivity index (χ3n) is 3.82. The van der Waals surface area contributed by atoms with Crippen molar-refractivity contribution in [1.82, 2.24) is 9.55 Å². The molecule has 1 aliphatic rings. The Kier molecular flexibility index (Phi) is 8.21. The number of nitrogens with zero attached hydrogens (tertiary/aromatic N) is 2. The molecule has 0 bridgehead atoms. The molecule has 22 heteroatoms. The van der Waals surface area contributed by atoms with E-state index in [1.54, 1.807) is 0 Å². The lowest BCUT2D eigenvalue weighted by molar-refractivity contribution is -0.121. The van der Waals surface area contributed by atoms with Crippen molar-refractivity contribution < 1.29 is 65.6 Å². The number of phosphoric ester groups is 1. The molecule has 16 nitrogen and oxygen atoms in total. The van der Waals surface area contributed by atoms with Crippen molar-refractivity contribution >= 4 is 37.2 Å².